The molecule has 110 valence electrons. The van der Waals surface area contributed by atoms with Gasteiger partial charge in [0.2, 0.25) is 20.7 Å². The number of aromatic carboxylic acids is 1. The lowest BCUT2D eigenvalue weighted by Gasteiger charge is -2.01. The molecule has 2 aromatic rings. The maximum absolute atomic E-state index is 12.1. The van der Waals surface area contributed by atoms with Crippen LogP contribution < -0.4 is 0 Å². The molecule has 9 heteroatoms. The van der Waals surface area contributed by atoms with Gasteiger partial charge in [0.15, 0.2) is 0 Å². The number of non-ortho nitro benzene ring substituents is 1. The molecule has 8 nitrogen and oxygen atoms in total. The summed E-state index contributed by atoms with van der Waals surface area (Å²) in [4.78, 5) is 20.7. The number of nitrogens with zero attached hydrogens (tertiary/aromatic N) is 1. The number of carbonyl (C=O) groups is 1. The summed E-state index contributed by atoms with van der Waals surface area (Å²) < 4.78 is 28.9. The highest BCUT2D eigenvalue weighted by Crippen LogP contribution is 2.21. The van der Waals surface area contributed by atoms with Gasteiger partial charge in [0, 0.05) is 12.1 Å². The Hall–Kier alpha value is -2.68. The van der Waals surface area contributed by atoms with Gasteiger partial charge >= 0.3 is 5.97 Å². The Kier molecular flexibility index (Phi) is 3.76. The second-order valence-electron chi connectivity index (χ2n) is 4.11. The van der Waals surface area contributed by atoms with Crippen LogP contribution in [0.25, 0.3) is 0 Å². The maximum atomic E-state index is 12.1. The quantitative estimate of drug-likeness (QED) is 0.659. The van der Waals surface area contributed by atoms with E-state index in [1.807, 2.05) is 0 Å². The van der Waals surface area contributed by atoms with E-state index in [1.54, 1.807) is 0 Å². The SMILES string of the molecule is O=C(O)c1ccc(S(=O)(=O)Cc2cccc([N+](=O)[O-])c2)o1. The fourth-order valence-electron chi connectivity index (χ4n) is 1.65. The van der Waals surface area contributed by atoms with E-state index in [-0.39, 0.29) is 11.3 Å². The lowest BCUT2D eigenvalue weighted by Crippen LogP contribution is -2.04. The van der Waals surface area contributed by atoms with Crippen LogP contribution in [0.15, 0.2) is 45.9 Å². The van der Waals surface area contributed by atoms with E-state index < -0.39 is 37.3 Å². The van der Waals surface area contributed by atoms with Crippen LogP contribution in [0.2, 0.25) is 0 Å². The van der Waals surface area contributed by atoms with Crippen LogP contribution in [0.3, 0.4) is 0 Å². The van der Waals surface area contributed by atoms with Crippen LogP contribution in [0.4, 0.5) is 5.69 Å². The summed E-state index contributed by atoms with van der Waals surface area (Å²) in [6.07, 6.45) is 0. The molecule has 1 heterocycles. The number of hydrogen-bond acceptors (Lipinski definition) is 6. The minimum Gasteiger partial charge on any atom is -0.475 e. The van der Waals surface area contributed by atoms with Gasteiger partial charge in [-0.15, -0.1) is 0 Å². The summed E-state index contributed by atoms with van der Waals surface area (Å²) >= 11 is 0. The molecule has 0 spiro atoms. The van der Waals surface area contributed by atoms with Crippen molar-refractivity contribution in [3.8, 4) is 0 Å². The fourth-order valence-corrected chi connectivity index (χ4v) is 2.91. The van der Waals surface area contributed by atoms with E-state index in [0.717, 1.165) is 18.2 Å². The van der Waals surface area contributed by atoms with Crippen LogP contribution >= 0.6 is 0 Å². The molecule has 0 saturated carbocycles. The van der Waals surface area contributed by atoms with Crippen molar-refractivity contribution < 1.29 is 27.7 Å². The van der Waals surface area contributed by atoms with Crippen molar-refractivity contribution in [3.05, 3.63) is 57.8 Å². The Morgan fingerprint density at radius 3 is 2.57 bits per heavy atom. The van der Waals surface area contributed by atoms with Crippen molar-refractivity contribution in [2.75, 3.05) is 0 Å². The van der Waals surface area contributed by atoms with E-state index >= 15 is 0 Å². The normalized spacial score (nSPS) is 11.2. The standard InChI is InChI=1S/C12H9NO7S/c14-12(15)10-4-5-11(20-10)21(18,19)7-8-2-1-3-9(6-8)13(16)17/h1-6H,7H2,(H,14,15). The molecule has 21 heavy (non-hydrogen) atoms. The molecule has 0 atom stereocenters. The Morgan fingerprint density at radius 2 is 2.00 bits per heavy atom. The van der Waals surface area contributed by atoms with Crippen molar-refractivity contribution in [2.24, 2.45) is 0 Å². The Balaban J connectivity index is 2.30. The Morgan fingerprint density at radius 1 is 1.29 bits per heavy atom. The molecule has 0 aliphatic rings. The molecule has 0 radical (unpaired) electrons. The second kappa shape index (κ2) is 5.37. The summed E-state index contributed by atoms with van der Waals surface area (Å²) in [6.45, 7) is 0. The molecule has 0 saturated heterocycles. The molecule has 2 rings (SSSR count). The molecule has 0 bridgehead atoms. The Bertz CT molecular complexity index is 807. The zero-order valence-electron chi connectivity index (χ0n) is 10.4. The lowest BCUT2D eigenvalue weighted by atomic mass is 10.2. The molecular weight excluding hydrogens is 302 g/mol. The third-order valence-electron chi connectivity index (χ3n) is 2.58. The highest BCUT2D eigenvalue weighted by Gasteiger charge is 2.22. The van der Waals surface area contributed by atoms with E-state index in [2.05, 4.69) is 0 Å². The topological polar surface area (TPSA) is 128 Å². The van der Waals surface area contributed by atoms with Gasteiger partial charge in [0.25, 0.3) is 5.69 Å². The first-order chi connectivity index (χ1) is 9.79. The molecule has 0 fully saturated rings. The van der Waals surface area contributed by atoms with Gasteiger partial charge in [-0.1, -0.05) is 12.1 Å². The fraction of sp³-hybridized carbons (Fsp3) is 0.0833. The van der Waals surface area contributed by atoms with E-state index in [0.29, 0.717) is 0 Å². The van der Waals surface area contributed by atoms with Gasteiger partial charge in [0.1, 0.15) is 0 Å². The third kappa shape index (κ3) is 3.26. The second-order valence-corrected chi connectivity index (χ2v) is 6.03. The van der Waals surface area contributed by atoms with Crippen LogP contribution in [0, 0.1) is 10.1 Å². The van der Waals surface area contributed by atoms with Crippen molar-refractivity contribution >= 4 is 21.5 Å². The number of benzene rings is 1. The van der Waals surface area contributed by atoms with Gasteiger partial charge in [-0.25, -0.2) is 13.2 Å². The zero-order chi connectivity index (χ0) is 15.6. The minimum atomic E-state index is -3.92. The first-order valence-electron chi connectivity index (χ1n) is 5.59. The highest BCUT2D eigenvalue weighted by atomic mass is 32.2. The predicted octanol–water partition coefficient (Wildman–Crippen LogP) is 1.86. The summed E-state index contributed by atoms with van der Waals surface area (Å²) in [5.74, 6) is -2.40. The highest BCUT2D eigenvalue weighted by molar-refractivity contribution is 7.90. The van der Waals surface area contributed by atoms with Gasteiger partial charge in [-0.05, 0) is 17.7 Å². The lowest BCUT2D eigenvalue weighted by molar-refractivity contribution is -0.384. The molecular formula is C12H9NO7S. The van der Waals surface area contributed by atoms with Crippen molar-refractivity contribution in [2.45, 2.75) is 10.8 Å². The van der Waals surface area contributed by atoms with Gasteiger partial charge in [-0.3, -0.25) is 10.1 Å². The van der Waals surface area contributed by atoms with Crippen LogP contribution in [0.1, 0.15) is 16.1 Å². The minimum absolute atomic E-state index is 0.206. The molecule has 0 unspecified atom stereocenters. The van der Waals surface area contributed by atoms with Crippen molar-refractivity contribution in [1.29, 1.82) is 0 Å². The monoisotopic (exact) mass is 311 g/mol. The van der Waals surface area contributed by atoms with Gasteiger partial charge in [0.05, 0.1) is 10.7 Å². The van der Waals surface area contributed by atoms with E-state index in [4.69, 9.17) is 9.52 Å². The number of nitro groups is 1. The molecule has 0 aliphatic heterocycles. The van der Waals surface area contributed by atoms with E-state index in [9.17, 15) is 23.3 Å². The van der Waals surface area contributed by atoms with Crippen molar-refractivity contribution in [3.63, 3.8) is 0 Å². The molecule has 1 aromatic carbocycles. The smallest absolute Gasteiger partial charge is 0.371 e. The summed E-state index contributed by atoms with van der Waals surface area (Å²) in [5.41, 5.74) is -0.0224. The third-order valence-corrected chi connectivity index (χ3v) is 4.12. The average Bonchev–Trinajstić information content (AvgIpc) is 2.89. The van der Waals surface area contributed by atoms with Crippen LogP contribution in [-0.2, 0) is 15.6 Å². The summed E-state index contributed by atoms with van der Waals surface area (Å²) in [7, 11) is -3.92. The molecule has 0 aliphatic carbocycles. The first kappa shape index (κ1) is 14.7. The number of carboxylic acid groups (broad SMARTS) is 1. The first-order valence-corrected chi connectivity index (χ1v) is 7.24. The number of carboxylic acids is 1. The van der Waals surface area contributed by atoms with E-state index in [1.165, 1.54) is 18.2 Å². The summed E-state index contributed by atoms with van der Waals surface area (Å²) in [6, 6.07) is 7.24. The number of furan rings is 1. The zero-order valence-corrected chi connectivity index (χ0v) is 11.2. The Labute approximate surface area is 118 Å². The molecule has 1 N–H and O–H groups in total. The van der Waals surface area contributed by atoms with Crippen LogP contribution in [-0.4, -0.2) is 24.4 Å². The average molecular weight is 311 g/mol. The maximum Gasteiger partial charge on any atom is 0.371 e. The predicted molar refractivity (Wildman–Crippen MR) is 69.7 cm³/mol. The number of nitro benzene ring substituents is 1. The number of hydrogen-bond donors (Lipinski definition) is 1. The summed E-state index contributed by atoms with van der Waals surface area (Å²) in [5, 5.41) is 18.8. The van der Waals surface area contributed by atoms with Crippen LogP contribution in [0.5, 0.6) is 0 Å². The molecule has 0 amide bonds. The van der Waals surface area contributed by atoms with Gasteiger partial charge in [-0.2, -0.15) is 0 Å². The van der Waals surface area contributed by atoms with Gasteiger partial charge < -0.3 is 9.52 Å². The molecule has 1 aromatic heterocycles. The largest absolute Gasteiger partial charge is 0.475 e. The number of sulfone groups is 1. The van der Waals surface area contributed by atoms with Crippen molar-refractivity contribution in [1.82, 2.24) is 0 Å². The number of rotatable bonds is 5.